The fraction of sp³-hybridized carbons (Fsp3) is 0.273. The van der Waals surface area contributed by atoms with Gasteiger partial charge in [-0.05, 0) is 26.0 Å². The van der Waals surface area contributed by atoms with Gasteiger partial charge in [0.15, 0.2) is 5.58 Å². The van der Waals surface area contributed by atoms with Gasteiger partial charge in [-0.15, -0.1) is 0 Å². The Morgan fingerprint density at radius 3 is 2.67 bits per heavy atom. The van der Waals surface area contributed by atoms with Gasteiger partial charge in [-0.3, -0.25) is 4.79 Å². The molecule has 0 spiro atoms. The third kappa shape index (κ3) is 1.48. The van der Waals surface area contributed by atoms with Crippen molar-refractivity contribution in [2.45, 2.75) is 19.3 Å². The topological polar surface area (TPSA) is 63.3 Å². The third-order valence-corrected chi connectivity index (χ3v) is 2.36. The van der Waals surface area contributed by atoms with E-state index in [4.69, 9.17) is 9.52 Å². The smallest absolute Gasteiger partial charge is 0.318 e. The van der Waals surface area contributed by atoms with Crippen LogP contribution in [0.2, 0.25) is 0 Å². The van der Waals surface area contributed by atoms with Crippen molar-refractivity contribution in [1.29, 1.82) is 0 Å². The molecule has 1 N–H and O–H groups in total. The number of hydrogen-bond acceptors (Lipinski definition) is 3. The maximum atomic E-state index is 11.0. The molecule has 78 valence electrons. The highest BCUT2D eigenvalue weighted by molar-refractivity contribution is 5.80. The molecule has 1 aromatic carbocycles. The fourth-order valence-electron chi connectivity index (χ4n) is 1.23. The molecule has 2 aromatic rings. The van der Waals surface area contributed by atoms with Crippen molar-refractivity contribution in [3.8, 4) is 0 Å². The highest BCUT2D eigenvalue weighted by Gasteiger charge is 2.34. The molecular formula is C11H11NO3. The molecule has 1 aromatic heterocycles. The summed E-state index contributed by atoms with van der Waals surface area (Å²) < 4.78 is 5.40. The summed E-state index contributed by atoms with van der Waals surface area (Å²) in [7, 11) is 0. The molecular weight excluding hydrogens is 194 g/mol. The maximum Gasteiger partial charge on any atom is 0.318 e. The van der Waals surface area contributed by atoms with Crippen LogP contribution in [0.4, 0.5) is 0 Å². The van der Waals surface area contributed by atoms with Crippen molar-refractivity contribution < 1.29 is 14.3 Å². The van der Waals surface area contributed by atoms with E-state index in [2.05, 4.69) is 4.98 Å². The average molecular weight is 205 g/mol. The summed E-state index contributed by atoms with van der Waals surface area (Å²) in [5.74, 6) is -0.717. The first kappa shape index (κ1) is 9.71. The number of para-hydroxylation sites is 2. The first-order valence-electron chi connectivity index (χ1n) is 4.61. The predicted molar refractivity (Wildman–Crippen MR) is 54.7 cm³/mol. The molecule has 4 heteroatoms. The van der Waals surface area contributed by atoms with Crippen molar-refractivity contribution >= 4 is 17.1 Å². The molecule has 0 saturated carbocycles. The lowest BCUT2D eigenvalue weighted by Gasteiger charge is -2.13. The van der Waals surface area contributed by atoms with Gasteiger partial charge >= 0.3 is 5.97 Å². The van der Waals surface area contributed by atoms with Crippen LogP contribution in [-0.2, 0) is 10.2 Å². The van der Waals surface area contributed by atoms with E-state index in [-0.39, 0.29) is 5.89 Å². The zero-order chi connectivity index (χ0) is 11.1. The van der Waals surface area contributed by atoms with Gasteiger partial charge in [0.1, 0.15) is 10.9 Å². The van der Waals surface area contributed by atoms with Gasteiger partial charge in [0.05, 0.1) is 0 Å². The molecule has 0 atom stereocenters. The van der Waals surface area contributed by atoms with Crippen LogP contribution < -0.4 is 0 Å². The SMILES string of the molecule is CC(C)(C(=O)O)c1nc2ccccc2o1. The first-order valence-corrected chi connectivity index (χ1v) is 4.61. The van der Waals surface area contributed by atoms with Gasteiger partial charge in [-0.1, -0.05) is 12.1 Å². The van der Waals surface area contributed by atoms with Crippen LogP contribution >= 0.6 is 0 Å². The fourth-order valence-corrected chi connectivity index (χ4v) is 1.23. The minimum absolute atomic E-state index is 0.233. The van der Waals surface area contributed by atoms with Crippen molar-refractivity contribution in [3.05, 3.63) is 30.2 Å². The summed E-state index contributed by atoms with van der Waals surface area (Å²) in [6.07, 6.45) is 0. The Morgan fingerprint density at radius 1 is 1.40 bits per heavy atom. The van der Waals surface area contributed by atoms with E-state index in [1.807, 2.05) is 12.1 Å². The van der Waals surface area contributed by atoms with Crippen LogP contribution in [0.5, 0.6) is 0 Å². The second-order valence-corrected chi connectivity index (χ2v) is 3.92. The van der Waals surface area contributed by atoms with Crippen LogP contribution in [0.3, 0.4) is 0 Å². The van der Waals surface area contributed by atoms with Gasteiger partial charge in [-0.2, -0.15) is 0 Å². The minimum atomic E-state index is -1.10. The van der Waals surface area contributed by atoms with Crippen molar-refractivity contribution in [1.82, 2.24) is 4.98 Å². The standard InChI is InChI=1S/C11H11NO3/c1-11(2,10(13)14)9-12-7-5-3-4-6-8(7)15-9/h3-6H,1-2H3,(H,13,14). The number of rotatable bonds is 2. The first-order chi connectivity index (χ1) is 7.01. The highest BCUT2D eigenvalue weighted by atomic mass is 16.4. The number of benzene rings is 1. The number of oxazole rings is 1. The number of carboxylic acids is 1. The van der Waals surface area contributed by atoms with Gasteiger partial charge in [0.2, 0.25) is 5.89 Å². The van der Waals surface area contributed by atoms with E-state index in [0.717, 1.165) is 0 Å². The Bertz CT molecular complexity index is 480. The molecule has 0 aliphatic heterocycles. The van der Waals surface area contributed by atoms with E-state index in [1.165, 1.54) is 0 Å². The van der Waals surface area contributed by atoms with Crippen molar-refractivity contribution in [3.63, 3.8) is 0 Å². The van der Waals surface area contributed by atoms with E-state index in [1.54, 1.807) is 26.0 Å². The van der Waals surface area contributed by atoms with Crippen LogP contribution in [0, 0.1) is 0 Å². The summed E-state index contributed by atoms with van der Waals surface area (Å²) in [4.78, 5) is 15.2. The summed E-state index contributed by atoms with van der Waals surface area (Å²) in [5, 5.41) is 9.02. The summed E-state index contributed by atoms with van der Waals surface area (Å²) >= 11 is 0. The van der Waals surface area contributed by atoms with E-state index < -0.39 is 11.4 Å². The Hall–Kier alpha value is -1.84. The van der Waals surface area contributed by atoms with Crippen LogP contribution in [0.1, 0.15) is 19.7 Å². The molecule has 1 heterocycles. The Morgan fingerprint density at radius 2 is 2.07 bits per heavy atom. The quantitative estimate of drug-likeness (QED) is 0.816. The van der Waals surface area contributed by atoms with Crippen LogP contribution in [-0.4, -0.2) is 16.1 Å². The van der Waals surface area contributed by atoms with Crippen LogP contribution in [0.25, 0.3) is 11.1 Å². The zero-order valence-electron chi connectivity index (χ0n) is 8.52. The molecule has 0 saturated heterocycles. The second-order valence-electron chi connectivity index (χ2n) is 3.92. The lowest BCUT2D eigenvalue weighted by Crippen LogP contribution is -2.28. The Kier molecular flexibility index (Phi) is 2.00. The van der Waals surface area contributed by atoms with Crippen molar-refractivity contribution in [2.24, 2.45) is 0 Å². The lowest BCUT2D eigenvalue weighted by atomic mass is 9.94. The van der Waals surface area contributed by atoms with Gasteiger partial charge < -0.3 is 9.52 Å². The Balaban J connectivity index is 2.58. The molecule has 0 radical (unpaired) electrons. The highest BCUT2D eigenvalue weighted by Crippen LogP contribution is 2.26. The second kappa shape index (κ2) is 3.08. The summed E-state index contributed by atoms with van der Waals surface area (Å²) in [6, 6.07) is 7.22. The van der Waals surface area contributed by atoms with E-state index in [9.17, 15) is 4.79 Å². The monoisotopic (exact) mass is 205 g/mol. The predicted octanol–water partition coefficient (Wildman–Crippen LogP) is 2.19. The third-order valence-electron chi connectivity index (χ3n) is 2.36. The molecule has 0 aliphatic rings. The number of carboxylic acid groups (broad SMARTS) is 1. The maximum absolute atomic E-state index is 11.0. The number of nitrogens with zero attached hydrogens (tertiary/aromatic N) is 1. The number of aliphatic carboxylic acids is 1. The largest absolute Gasteiger partial charge is 0.480 e. The molecule has 2 rings (SSSR count). The van der Waals surface area contributed by atoms with Gasteiger partial charge in [-0.25, -0.2) is 4.98 Å². The Labute approximate surface area is 86.5 Å². The molecule has 0 aliphatic carbocycles. The summed E-state index contributed by atoms with van der Waals surface area (Å²) in [5.41, 5.74) is 0.197. The molecule has 0 bridgehead atoms. The van der Waals surface area contributed by atoms with Gasteiger partial charge in [0, 0.05) is 0 Å². The van der Waals surface area contributed by atoms with Gasteiger partial charge in [0.25, 0.3) is 0 Å². The van der Waals surface area contributed by atoms with Crippen molar-refractivity contribution in [2.75, 3.05) is 0 Å². The average Bonchev–Trinajstić information content (AvgIpc) is 2.61. The number of carbonyl (C=O) groups is 1. The molecule has 4 nitrogen and oxygen atoms in total. The summed E-state index contributed by atoms with van der Waals surface area (Å²) in [6.45, 7) is 3.14. The van der Waals surface area contributed by atoms with E-state index in [0.29, 0.717) is 11.1 Å². The normalized spacial score (nSPS) is 11.9. The lowest BCUT2D eigenvalue weighted by molar-refractivity contribution is -0.143. The molecule has 0 amide bonds. The minimum Gasteiger partial charge on any atom is -0.480 e. The molecule has 0 unspecified atom stereocenters. The number of fused-ring (bicyclic) bond motifs is 1. The number of hydrogen-bond donors (Lipinski definition) is 1. The molecule has 0 fully saturated rings. The zero-order valence-corrected chi connectivity index (χ0v) is 8.52. The van der Waals surface area contributed by atoms with E-state index >= 15 is 0 Å². The number of aromatic nitrogens is 1. The molecule has 15 heavy (non-hydrogen) atoms. The van der Waals surface area contributed by atoms with Crippen LogP contribution in [0.15, 0.2) is 28.7 Å².